The summed E-state index contributed by atoms with van der Waals surface area (Å²) < 4.78 is 4.94. The molecule has 1 radical (unpaired) electrons. The Bertz CT molecular complexity index is 136. The highest BCUT2D eigenvalue weighted by molar-refractivity contribution is 5.67. The van der Waals surface area contributed by atoms with Gasteiger partial charge in [0.25, 0.3) is 0 Å². The molecule has 0 aliphatic heterocycles. The first-order valence-corrected chi connectivity index (χ1v) is 3.75. The average Bonchev–Trinajstić information content (AvgIpc) is 1.53. The van der Waals surface area contributed by atoms with Crippen molar-refractivity contribution in [2.75, 3.05) is 0 Å². The second-order valence-corrected chi connectivity index (χ2v) is 3.70. The second-order valence-electron chi connectivity index (χ2n) is 3.70. The molecule has 0 bridgehead atoms. The lowest BCUT2D eigenvalue weighted by Crippen LogP contribution is -2.31. The lowest BCUT2D eigenvalue weighted by molar-refractivity contribution is 0.0504. The largest absolute Gasteiger partial charge is 0.442 e. The lowest BCUT2D eigenvalue weighted by atomic mass is 10.2. The van der Waals surface area contributed by atoms with Gasteiger partial charge in [-0.3, -0.25) is 0 Å². The van der Waals surface area contributed by atoms with E-state index < -0.39 is 11.7 Å². The second kappa shape index (κ2) is 3.60. The van der Waals surface area contributed by atoms with E-state index in [0.29, 0.717) is 0 Å². The average molecular weight is 158 g/mol. The molecule has 0 fully saturated rings. The Kier molecular flexibility index (Phi) is 3.36. The van der Waals surface area contributed by atoms with Gasteiger partial charge in [0.2, 0.25) is 0 Å². The summed E-state index contributed by atoms with van der Waals surface area (Å²) in [6.45, 7) is 9.14. The van der Waals surface area contributed by atoms with Crippen LogP contribution in [0.5, 0.6) is 0 Å². The molecular formula is C8H16NO2. The summed E-state index contributed by atoms with van der Waals surface area (Å²) in [6, 6.07) is 0.00449. The number of carbonyl (C=O) groups excluding carboxylic acids is 1. The zero-order valence-corrected chi connectivity index (χ0v) is 7.84. The number of hydrogen-bond acceptors (Lipinski definition) is 2. The molecule has 0 aliphatic carbocycles. The fourth-order valence-corrected chi connectivity index (χ4v) is 0.499. The van der Waals surface area contributed by atoms with Gasteiger partial charge in [0.05, 0.1) is 6.04 Å². The standard InChI is InChI=1S/C8H16NO2/c1-6(2)9-7(10)11-8(3,4)5/h6H,1-5H3. The normalized spacial score (nSPS) is 11.5. The molecule has 0 heterocycles. The van der Waals surface area contributed by atoms with Gasteiger partial charge in [0.1, 0.15) is 5.60 Å². The van der Waals surface area contributed by atoms with Crippen molar-refractivity contribution in [2.45, 2.75) is 46.3 Å². The van der Waals surface area contributed by atoms with Gasteiger partial charge in [-0.25, -0.2) is 10.1 Å². The lowest BCUT2D eigenvalue weighted by Gasteiger charge is -2.19. The minimum atomic E-state index is -0.479. The van der Waals surface area contributed by atoms with Crippen LogP contribution in [0.3, 0.4) is 0 Å². The van der Waals surface area contributed by atoms with Gasteiger partial charge in [0, 0.05) is 0 Å². The van der Waals surface area contributed by atoms with Crippen LogP contribution in [-0.2, 0) is 4.74 Å². The molecule has 0 saturated heterocycles. The van der Waals surface area contributed by atoms with E-state index in [-0.39, 0.29) is 6.04 Å². The molecule has 0 aliphatic rings. The molecular weight excluding hydrogens is 142 g/mol. The Morgan fingerprint density at radius 3 is 2.09 bits per heavy atom. The van der Waals surface area contributed by atoms with Crippen molar-refractivity contribution >= 4 is 6.09 Å². The van der Waals surface area contributed by atoms with Gasteiger partial charge in [-0.15, -0.1) is 0 Å². The first-order chi connectivity index (χ1) is 4.81. The third-order valence-corrected chi connectivity index (χ3v) is 0.757. The van der Waals surface area contributed by atoms with E-state index in [1.165, 1.54) is 0 Å². The van der Waals surface area contributed by atoms with Crippen molar-refractivity contribution < 1.29 is 9.53 Å². The van der Waals surface area contributed by atoms with Crippen molar-refractivity contribution in [3.8, 4) is 0 Å². The van der Waals surface area contributed by atoms with E-state index in [4.69, 9.17) is 4.74 Å². The molecule has 65 valence electrons. The molecule has 0 atom stereocenters. The van der Waals surface area contributed by atoms with E-state index in [0.717, 1.165) is 0 Å². The van der Waals surface area contributed by atoms with E-state index in [9.17, 15) is 4.79 Å². The Balaban J connectivity index is 3.71. The number of nitrogens with zero attached hydrogens (tertiary/aromatic N) is 1. The van der Waals surface area contributed by atoms with Crippen LogP contribution in [0.15, 0.2) is 0 Å². The summed E-state index contributed by atoms with van der Waals surface area (Å²) >= 11 is 0. The van der Waals surface area contributed by atoms with Gasteiger partial charge in [-0.1, -0.05) is 0 Å². The fourth-order valence-electron chi connectivity index (χ4n) is 0.499. The molecule has 0 aromatic heterocycles. The maximum absolute atomic E-state index is 10.9. The summed E-state index contributed by atoms with van der Waals surface area (Å²) in [5.41, 5.74) is -0.435. The number of hydrogen-bond donors (Lipinski definition) is 0. The Labute approximate surface area is 68.1 Å². The molecule has 0 saturated carbocycles. The molecule has 0 rings (SSSR count). The monoisotopic (exact) mass is 158 g/mol. The topological polar surface area (TPSA) is 40.4 Å². The van der Waals surface area contributed by atoms with Gasteiger partial charge in [-0.05, 0) is 34.6 Å². The predicted octanol–water partition coefficient (Wildman–Crippen LogP) is 1.93. The highest BCUT2D eigenvalue weighted by Gasteiger charge is 2.17. The fraction of sp³-hybridized carbons (Fsp3) is 0.875. The third-order valence-electron chi connectivity index (χ3n) is 0.757. The van der Waals surface area contributed by atoms with Gasteiger partial charge in [0.15, 0.2) is 0 Å². The summed E-state index contributed by atoms with van der Waals surface area (Å²) in [6.07, 6.45) is -0.479. The molecule has 11 heavy (non-hydrogen) atoms. The van der Waals surface area contributed by atoms with Gasteiger partial charge < -0.3 is 4.74 Å². The van der Waals surface area contributed by atoms with Crippen LogP contribution >= 0.6 is 0 Å². The predicted molar refractivity (Wildman–Crippen MR) is 43.5 cm³/mol. The first-order valence-electron chi connectivity index (χ1n) is 3.75. The molecule has 1 amide bonds. The molecule has 3 nitrogen and oxygen atoms in total. The van der Waals surface area contributed by atoms with Crippen molar-refractivity contribution in [2.24, 2.45) is 0 Å². The smallest absolute Gasteiger partial charge is 0.429 e. The number of carbonyl (C=O) groups is 1. The van der Waals surface area contributed by atoms with Crippen LogP contribution in [0, 0.1) is 0 Å². The zero-order chi connectivity index (χ0) is 9.07. The van der Waals surface area contributed by atoms with Crippen LogP contribution < -0.4 is 5.32 Å². The van der Waals surface area contributed by atoms with Crippen LogP contribution in [0.25, 0.3) is 0 Å². The van der Waals surface area contributed by atoms with E-state index in [1.807, 2.05) is 34.6 Å². The van der Waals surface area contributed by atoms with Crippen molar-refractivity contribution in [1.29, 1.82) is 0 Å². The maximum Gasteiger partial charge on any atom is 0.429 e. The number of rotatable bonds is 1. The highest BCUT2D eigenvalue weighted by atomic mass is 16.6. The molecule has 0 unspecified atom stereocenters. The first kappa shape index (κ1) is 10.3. The Morgan fingerprint density at radius 2 is 1.82 bits per heavy atom. The zero-order valence-electron chi connectivity index (χ0n) is 7.84. The molecule has 0 spiro atoms. The van der Waals surface area contributed by atoms with Gasteiger partial charge in [-0.2, -0.15) is 0 Å². The van der Waals surface area contributed by atoms with E-state index in [2.05, 4.69) is 5.32 Å². The SMILES string of the molecule is CC(C)[N]C(=O)OC(C)(C)C. The van der Waals surface area contributed by atoms with Crippen LogP contribution in [0.4, 0.5) is 4.79 Å². The number of amides is 1. The van der Waals surface area contributed by atoms with Gasteiger partial charge >= 0.3 is 6.09 Å². The van der Waals surface area contributed by atoms with Crippen molar-refractivity contribution in [3.05, 3.63) is 0 Å². The molecule has 0 aromatic rings. The minimum Gasteiger partial charge on any atom is -0.442 e. The van der Waals surface area contributed by atoms with E-state index in [1.54, 1.807) is 0 Å². The Morgan fingerprint density at radius 1 is 1.36 bits per heavy atom. The highest BCUT2D eigenvalue weighted by Crippen LogP contribution is 2.06. The van der Waals surface area contributed by atoms with Crippen molar-refractivity contribution in [3.63, 3.8) is 0 Å². The quantitative estimate of drug-likeness (QED) is 0.585. The summed E-state index contributed by atoms with van der Waals surface area (Å²) in [5.74, 6) is 0. The summed E-state index contributed by atoms with van der Waals surface area (Å²) in [5, 5.41) is 3.70. The van der Waals surface area contributed by atoms with Crippen LogP contribution in [-0.4, -0.2) is 17.7 Å². The minimum absolute atomic E-state index is 0.00449. The van der Waals surface area contributed by atoms with Crippen molar-refractivity contribution in [1.82, 2.24) is 5.32 Å². The number of ether oxygens (including phenoxy) is 1. The van der Waals surface area contributed by atoms with Crippen LogP contribution in [0.2, 0.25) is 0 Å². The maximum atomic E-state index is 10.9. The third kappa shape index (κ3) is 7.16. The summed E-state index contributed by atoms with van der Waals surface area (Å²) in [7, 11) is 0. The Hall–Kier alpha value is -0.730. The molecule has 0 aromatic carbocycles. The molecule has 0 N–H and O–H groups in total. The van der Waals surface area contributed by atoms with E-state index >= 15 is 0 Å². The molecule has 3 heteroatoms. The summed E-state index contributed by atoms with van der Waals surface area (Å²) in [4.78, 5) is 10.9. The van der Waals surface area contributed by atoms with Crippen LogP contribution in [0.1, 0.15) is 34.6 Å².